The number of aromatic nitrogens is 6. The van der Waals surface area contributed by atoms with E-state index in [4.69, 9.17) is 0 Å². The van der Waals surface area contributed by atoms with Crippen LogP contribution in [0.5, 0.6) is 0 Å². The number of rotatable bonds is 5. The van der Waals surface area contributed by atoms with E-state index in [0.717, 1.165) is 17.2 Å². The summed E-state index contributed by atoms with van der Waals surface area (Å²) < 4.78 is 0. The van der Waals surface area contributed by atoms with E-state index in [1.165, 1.54) is 6.33 Å². The van der Waals surface area contributed by atoms with Gasteiger partial charge >= 0.3 is 0 Å². The maximum atomic E-state index is 4.40. The van der Waals surface area contributed by atoms with Gasteiger partial charge in [-0.05, 0) is 12.1 Å². The van der Waals surface area contributed by atoms with Gasteiger partial charge in [0.25, 0.3) is 0 Å². The summed E-state index contributed by atoms with van der Waals surface area (Å²) in [6.07, 6.45) is 3.24. The predicted octanol–water partition coefficient (Wildman–Crippen LogP) is 0.675. The molecule has 0 saturated heterocycles. The van der Waals surface area contributed by atoms with Crippen molar-refractivity contribution < 1.29 is 0 Å². The second-order valence-corrected chi connectivity index (χ2v) is 4.00. The monoisotopic (exact) mass is 255 g/mol. The molecule has 96 valence electrons. The lowest BCUT2D eigenvalue weighted by molar-refractivity contribution is 0.642. The molecule has 0 spiro atoms. The minimum atomic E-state index is 0.623. The van der Waals surface area contributed by atoms with Crippen molar-refractivity contribution in [2.45, 2.75) is 13.1 Å². The van der Waals surface area contributed by atoms with Crippen molar-refractivity contribution in [2.24, 2.45) is 0 Å². The van der Waals surface area contributed by atoms with Crippen molar-refractivity contribution in [2.75, 3.05) is 0 Å². The summed E-state index contributed by atoms with van der Waals surface area (Å²) in [5, 5.41) is 18.4. The lowest BCUT2D eigenvalue weighted by Gasteiger charge is -1.99. The molecule has 1 aromatic carbocycles. The molecule has 0 aliphatic rings. The maximum absolute atomic E-state index is 4.40. The lowest BCUT2D eigenvalue weighted by atomic mass is 10.3. The highest BCUT2D eigenvalue weighted by Gasteiger charge is 2.02. The van der Waals surface area contributed by atoms with Gasteiger partial charge in [0.2, 0.25) is 0 Å². The number of nitrogens with one attached hydrogen (secondary N) is 2. The Bertz CT molecular complexity index is 615. The van der Waals surface area contributed by atoms with Gasteiger partial charge in [0.15, 0.2) is 0 Å². The van der Waals surface area contributed by atoms with Gasteiger partial charge in [0.05, 0.1) is 24.1 Å². The fourth-order valence-corrected chi connectivity index (χ4v) is 1.69. The molecule has 0 radical (unpaired) electrons. The van der Waals surface area contributed by atoms with Crippen molar-refractivity contribution in [1.29, 1.82) is 0 Å². The number of hydrogen-bond acceptors (Lipinski definition) is 5. The molecule has 0 atom stereocenters. The fraction of sp³-hybridized carbons (Fsp3) is 0.167. The molecule has 3 rings (SSSR count). The summed E-state index contributed by atoms with van der Waals surface area (Å²) in [7, 11) is 0. The molecule has 7 nitrogen and oxygen atoms in total. The molecular formula is C12H13N7. The Labute approximate surface area is 109 Å². The van der Waals surface area contributed by atoms with Crippen LogP contribution in [0.3, 0.4) is 0 Å². The van der Waals surface area contributed by atoms with Gasteiger partial charge < -0.3 is 5.32 Å². The average molecular weight is 255 g/mol. The van der Waals surface area contributed by atoms with E-state index in [-0.39, 0.29) is 0 Å². The normalized spacial score (nSPS) is 10.7. The van der Waals surface area contributed by atoms with Crippen molar-refractivity contribution in [3.8, 4) is 5.69 Å². The van der Waals surface area contributed by atoms with Crippen LogP contribution in [0.4, 0.5) is 0 Å². The van der Waals surface area contributed by atoms with Crippen LogP contribution < -0.4 is 5.32 Å². The van der Waals surface area contributed by atoms with Crippen molar-refractivity contribution >= 4 is 0 Å². The largest absolute Gasteiger partial charge is 0.304 e. The Kier molecular flexibility index (Phi) is 3.28. The quantitative estimate of drug-likeness (QED) is 0.700. The van der Waals surface area contributed by atoms with Crippen LogP contribution in [-0.2, 0) is 13.1 Å². The molecule has 0 bridgehead atoms. The zero-order valence-corrected chi connectivity index (χ0v) is 10.2. The summed E-state index contributed by atoms with van der Waals surface area (Å²) in [5.41, 5.74) is 1.83. The van der Waals surface area contributed by atoms with Gasteiger partial charge in [0.1, 0.15) is 12.2 Å². The second-order valence-electron chi connectivity index (χ2n) is 4.00. The van der Waals surface area contributed by atoms with Crippen LogP contribution in [0.2, 0.25) is 0 Å². The van der Waals surface area contributed by atoms with Gasteiger partial charge in [-0.3, -0.25) is 5.10 Å². The third kappa shape index (κ3) is 2.83. The lowest BCUT2D eigenvalue weighted by Crippen LogP contribution is -2.14. The number of H-pyrrole nitrogens is 1. The van der Waals surface area contributed by atoms with E-state index in [1.807, 2.05) is 30.3 Å². The highest BCUT2D eigenvalue weighted by molar-refractivity contribution is 5.28. The minimum Gasteiger partial charge on any atom is -0.304 e. The zero-order valence-electron chi connectivity index (χ0n) is 10.2. The summed E-state index contributed by atoms with van der Waals surface area (Å²) in [6.45, 7) is 1.26. The first kappa shape index (κ1) is 11.5. The second kappa shape index (κ2) is 5.40. The molecule has 19 heavy (non-hydrogen) atoms. The fourth-order valence-electron chi connectivity index (χ4n) is 1.69. The molecule has 0 aliphatic carbocycles. The third-order valence-corrected chi connectivity index (χ3v) is 2.59. The topological polar surface area (TPSA) is 84.3 Å². The van der Waals surface area contributed by atoms with Crippen LogP contribution in [0.15, 0.2) is 42.9 Å². The Hall–Kier alpha value is -2.54. The van der Waals surface area contributed by atoms with E-state index >= 15 is 0 Å². The van der Waals surface area contributed by atoms with Gasteiger partial charge in [0, 0.05) is 6.54 Å². The molecule has 0 fully saturated rings. The summed E-state index contributed by atoms with van der Waals surface area (Å²) in [5.74, 6) is 0.801. The molecule has 0 saturated carbocycles. The van der Waals surface area contributed by atoms with Crippen LogP contribution in [0.25, 0.3) is 5.69 Å². The SMILES string of the molecule is c1ccc(-n2ncc(CNCc3ncn[nH]3)n2)cc1. The van der Waals surface area contributed by atoms with Crippen molar-refractivity contribution in [3.05, 3.63) is 54.4 Å². The Morgan fingerprint density at radius 2 is 2.05 bits per heavy atom. The van der Waals surface area contributed by atoms with Crippen molar-refractivity contribution in [3.63, 3.8) is 0 Å². The summed E-state index contributed by atoms with van der Waals surface area (Å²) >= 11 is 0. The zero-order chi connectivity index (χ0) is 12.9. The number of para-hydroxylation sites is 1. The van der Waals surface area contributed by atoms with Crippen LogP contribution in [-0.4, -0.2) is 30.2 Å². The van der Waals surface area contributed by atoms with Crippen LogP contribution in [0, 0.1) is 0 Å². The highest BCUT2D eigenvalue weighted by Crippen LogP contribution is 2.04. The molecule has 2 heterocycles. The molecule has 7 heteroatoms. The third-order valence-electron chi connectivity index (χ3n) is 2.59. The van der Waals surface area contributed by atoms with Gasteiger partial charge in [-0.25, -0.2) is 4.98 Å². The van der Waals surface area contributed by atoms with Crippen molar-refractivity contribution in [1.82, 2.24) is 35.5 Å². The first-order valence-electron chi connectivity index (χ1n) is 5.93. The first-order valence-corrected chi connectivity index (χ1v) is 5.93. The molecule has 3 aromatic rings. The van der Waals surface area contributed by atoms with E-state index in [2.05, 4.69) is 30.7 Å². The minimum absolute atomic E-state index is 0.623. The van der Waals surface area contributed by atoms with Crippen LogP contribution in [0.1, 0.15) is 11.5 Å². The average Bonchev–Trinajstić information content (AvgIpc) is 3.11. The highest BCUT2D eigenvalue weighted by atomic mass is 15.5. The molecule has 0 unspecified atom stereocenters. The van der Waals surface area contributed by atoms with Gasteiger partial charge in [-0.1, -0.05) is 18.2 Å². The molecule has 0 aliphatic heterocycles. The van der Waals surface area contributed by atoms with E-state index in [0.29, 0.717) is 13.1 Å². The first-order chi connectivity index (χ1) is 9.42. The van der Waals surface area contributed by atoms with E-state index < -0.39 is 0 Å². The summed E-state index contributed by atoms with van der Waals surface area (Å²) in [4.78, 5) is 5.65. The number of nitrogens with zero attached hydrogens (tertiary/aromatic N) is 5. The molecule has 0 amide bonds. The Morgan fingerprint density at radius 3 is 2.84 bits per heavy atom. The van der Waals surface area contributed by atoms with Crippen LogP contribution >= 0.6 is 0 Å². The maximum Gasteiger partial charge on any atom is 0.138 e. The van der Waals surface area contributed by atoms with Gasteiger partial charge in [-0.15, -0.1) is 0 Å². The Morgan fingerprint density at radius 1 is 1.16 bits per heavy atom. The number of benzene rings is 1. The van der Waals surface area contributed by atoms with E-state index in [1.54, 1.807) is 11.0 Å². The molecule has 2 aromatic heterocycles. The molecular weight excluding hydrogens is 242 g/mol. The predicted molar refractivity (Wildman–Crippen MR) is 68.3 cm³/mol. The number of hydrogen-bond donors (Lipinski definition) is 2. The standard InChI is InChI=1S/C12H13N7/c1-2-4-11(5-3-1)19-16-7-10(18-19)6-13-8-12-14-9-15-17-12/h1-5,7,9,13H,6,8H2,(H,14,15,17). The summed E-state index contributed by atoms with van der Waals surface area (Å²) in [6, 6.07) is 9.81. The molecule has 2 N–H and O–H groups in total. The van der Waals surface area contributed by atoms with E-state index in [9.17, 15) is 0 Å². The number of aromatic amines is 1. The smallest absolute Gasteiger partial charge is 0.138 e. The van der Waals surface area contributed by atoms with Gasteiger partial charge in [-0.2, -0.15) is 20.1 Å². The Balaban J connectivity index is 1.59.